The summed E-state index contributed by atoms with van der Waals surface area (Å²) in [6.07, 6.45) is 0.214. The summed E-state index contributed by atoms with van der Waals surface area (Å²) in [4.78, 5) is 11.6. The van der Waals surface area contributed by atoms with Gasteiger partial charge >= 0.3 is 5.97 Å². The molecular formula is C17H27NO3. The van der Waals surface area contributed by atoms with Crippen molar-refractivity contribution < 1.29 is 14.3 Å². The predicted molar refractivity (Wildman–Crippen MR) is 84.6 cm³/mol. The zero-order valence-electron chi connectivity index (χ0n) is 13.9. The molecule has 0 aliphatic heterocycles. The Morgan fingerprint density at radius 2 is 1.95 bits per heavy atom. The smallest absolute Gasteiger partial charge is 0.325 e. The van der Waals surface area contributed by atoms with E-state index in [1.54, 1.807) is 6.92 Å². The molecule has 0 heterocycles. The highest BCUT2D eigenvalue weighted by atomic mass is 16.5. The van der Waals surface area contributed by atoms with Gasteiger partial charge in [0.15, 0.2) is 0 Å². The molecule has 0 amide bonds. The molecule has 2 N–H and O–H groups in total. The SMILES string of the molecule is COC(=O)C(C)(N)CC(C)Oc1cc(C(C)C)ccc1C. The molecule has 2 unspecified atom stereocenters. The number of benzene rings is 1. The molecule has 0 spiro atoms. The summed E-state index contributed by atoms with van der Waals surface area (Å²) in [5.74, 6) is 0.859. The molecule has 2 atom stereocenters. The van der Waals surface area contributed by atoms with Gasteiger partial charge in [-0.05, 0) is 43.9 Å². The molecule has 1 rings (SSSR count). The van der Waals surface area contributed by atoms with Crippen molar-refractivity contribution in [1.29, 1.82) is 0 Å². The molecule has 0 aliphatic carbocycles. The van der Waals surface area contributed by atoms with E-state index in [0.717, 1.165) is 11.3 Å². The Hall–Kier alpha value is -1.55. The van der Waals surface area contributed by atoms with Gasteiger partial charge in [-0.1, -0.05) is 26.0 Å². The molecule has 4 nitrogen and oxygen atoms in total. The lowest BCUT2D eigenvalue weighted by atomic mass is 9.96. The molecule has 0 saturated carbocycles. The first kappa shape index (κ1) is 17.5. The number of aryl methyl sites for hydroxylation is 1. The number of hydrogen-bond donors (Lipinski definition) is 1. The molecule has 0 aromatic heterocycles. The third kappa shape index (κ3) is 4.74. The van der Waals surface area contributed by atoms with Crippen molar-refractivity contribution in [1.82, 2.24) is 0 Å². The van der Waals surface area contributed by atoms with Crippen LogP contribution in [0, 0.1) is 6.92 Å². The minimum atomic E-state index is -1.04. The standard InChI is InChI=1S/C17H27NO3/c1-11(2)14-8-7-12(3)15(9-14)21-13(4)10-17(5,18)16(19)20-6/h7-9,11,13H,10,18H2,1-6H3. The molecule has 1 aromatic carbocycles. The first-order valence-electron chi connectivity index (χ1n) is 7.32. The van der Waals surface area contributed by atoms with Gasteiger partial charge in [0.1, 0.15) is 11.3 Å². The molecule has 0 bridgehead atoms. The van der Waals surface area contributed by atoms with Gasteiger partial charge in [0.05, 0.1) is 13.2 Å². The van der Waals surface area contributed by atoms with E-state index in [2.05, 4.69) is 32.0 Å². The second kappa shape index (κ2) is 6.94. The van der Waals surface area contributed by atoms with Crippen LogP contribution in [0.2, 0.25) is 0 Å². The molecule has 21 heavy (non-hydrogen) atoms. The van der Waals surface area contributed by atoms with Crippen LogP contribution >= 0.6 is 0 Å². The quantitative estimate of drug-likeness (QED) is 0.818. The van der Waals surface area contributed by atoms with E-state index in [1.807, 2.05) is 13.8 Å². The van der Waals surface area contributed by atoms with Crippen LogP contribution in [0.5, 0.6) is 5.75 Å². The summed E-state index contributed by atoms with van der Waals surface area (Å²) in [6, 6.07) is 6.22. The zero-order valence-corrected chi connectivity index (χ0v) is 13.9. The van der Waals surface area contributed by atoms with Gasteiger partial charge in [-0.3, -0.25) is 4.79 Å². The second-order valence-corrected chi connectivity index (χ2v) is 6.22. The number of carbonyl (C=O) groups is 1. The minimum Gasteiger partial charge on any atom is -0.490 e. The number of methoxy groups -OCH3 is 1. The van der Waals surface area contributed by atoms with Gasteiger partial charge in [-0.15, -0.1) is 0 Å². The van der Waals surface area contributed by atoms with E-state index in [0.29, 0.717) is 12.3 Å². The van der Waals surface area contributed by atoms with Crippen LogP contribution < -0.4 is 10.5 Å². The van der Waals surface area contributed by atoms with Gasteiger partial charge in [0.2, 0.25) is 0 Å². The van der Waals surface area contributed by atoms with Crippen LogP contribution in [0.15, 0.2) is 18.2 Å². The Bertz CT molecular complexity index is 495. The van der Waals surface area contributed by atoms with E-state index in [1.165, 1.54) is 12.7 Å². The summed E-state index contributed by atoms with van der Waals surface area (Å²) < 4.78 is 10.7. The third-order valence-corrected chi connectivity index (χ3v) is 3.57. The maximum Gasteiger partial charge on any atom is 0.325 e. The van der Waals surface area contributed by atoms with Crippen molar-refractivity contribution in [3.05, 3.63) is 29.3 Å². The molecule has 0 aliphatic rings. The van der Waals surface area contributed by atoms with Crippen molar-refractivity contribution in [2.45, 2.75) is 58.6 Å². The van der Waals surface area contributed by atoms with Crippen molar-refractivity contribution in [3.63, 3.8) is 0 Å². The van der Waals surface area contributed by atoms with E-state index >= 15 is 0 Å². The summed E-state index contributed by atoms with van der Waals surface area (Å²) in [6.45, 7) is 9.87. The number of hydrogen-bond acceptors (Lipinski definition) is 4. The van der Waals surface area contributed by atoms with Crippen LogP contribution in [0.1, 0.15) is 51.2 Å². The summed E-state index contributed by atoms with van der Waals surface area (Å²) in [5, 5.41) is 0. The minimum absolute atomic E-state index is 0.180. The second-order valence-electron chi connectivity index (χ2n) is 6.22. The fourth-order valence-electron chi connectivity index (χ4n) is 2.27. The summed E-state index contributed by atoms with van der Waals surface area (Å²) in [7, 11) is 1.34. The van der Waals surface area contributed by atoms with Crippen molar-refractivity contribution >= 4 is 5.97 Å². The van der Waals surface area contributed by atoms with E-state index in [4.69, 9.17) is 15.2 Å². The molecule has 4 heteroatoms. The maximum absolute atomic E-state index is 11.6. The number of ether oxygens (including phenoxy) is 2. The van der Waals surface area contributed by atoms with Gasteiger partial charge < -0.3 is 15.2 Å². The van der Waals surface area contributed by atoms with Gasteiger partial charge in [-0.2, -0.15) is 0 Å². The Kier molecular flexibility index (Phi) is 5.78. The largest absolute Gasteiger partial charge is 0.490 e. The van der Waals surface area contributed by atoms with Crippen LogP contribution in [0.3, 0.4) is 0 Å². The Balaban J connectivity index is 2.81. The number of rotatable bonds is 6. The van der Waals surface area contributed by atoms with Gasteiger partial charge in [0, 0.05) is 6.42 Å². The fourth-order valence-corrected chi connectivity index (χ4v) is 2.27. The Morgan fingerprint density at radius 1 is 1.33 bits per heavy atom. The van der Waals surface area contributed by atoms with Crippen LogP contribution in [-0.4, -0.2) is 24.7 Å². The molecule has 1 aromatic rings. The van der Waals surface area contributed by atoms with Crippen molar-refractivity contribution in [2.75, 3.05) is 7.11 Å². The fraction of sp³-hybridized carbons (Fsp3) is 0.588. The molecule has 0 fully saturated rings. The van der Waals surface area contributed by atoms with Gasteiger partial charge in [0.25, 0.3) is 0 Å². The van der Waals surface area contributed by atoms with Crippen molar-refractivity contribution in [3.8, 4) is 5.75 Å². The first-order valence-corrected chi connectivity index (χ1v) is 7.32. The molecule has 118 valence electrons. The number of nitrogens with two attached hydrogens (primary N) is 1. The molecular weight excluding hydrogens is 266 g/mol. The predicted octanol–water partition coefficient (Wildman–Crippen LogP) is 3.17. The van der Waals surface area contributed by atoms with Crippen molar-refractivity contribution in [2.24, 2.45) is 5.73 Å². The summed E-state index contributed by atoms with van der Waals surface area (Å²) in [5.41, 5.74) is 7.24. The normalized spacial score (nSPS) is 15.4. The lowest BCUT2D eigenvalue weighted by Gasteiger charge is -2.26. The highest BCUT2D eigenvalue weighted by Crippen LogP contribution is 2.26. The number of carbonyl (C=O) groups excluding carboxylic acids is 1. The zero-order chi connectivity index (χ0) is 16.2. The monoisotopic (exact) mass is 293 g/mol. The van der Waals surface area contributed by atoms with Crippen LogP contribution in [0.4, 0.5) is 0 Å². The first-order chi connectivity index (χ1) is 9.67. The van der Waals surface area contributed by atoms with E-state index < -0.39 is 11.5 Å². The van der Waals surface area contributed by atoms with Crippen LogP contribution in [0.25, 0.3) is 0 Å². The average Bonchev–Trinajstić information content (AvgIpc) is 2.39. The third-order valence-electron chi connectivity index (χ3n) is 3.57. The number of esters is 1. The Morgan fingerprint density at radius 3 is 2.48 bits per heavy atom. The lowest BCUT2D eigenvalue weighted by Crippen LogP contribution is -2.48. The lowest BCUT2D eigenvalue weighted by molar-refractivity contribution is -0.147. The topological polar surface area (TPSA) is 61.5 Å². The summed E-state index contributed by atoms with van der Waals surface area (Å²) >= 11 is 0. The Labute approximate surface area is 127 Å². The molecule has 0 radical (unpaired) electrons. The van der Waals surface area contributed by atoms with E-state index in [-0.39, 0.29) is 6.10 Å². The van der Waals surface area contributed by atoms with Crippen LogP contribution in [-0.2, 0) is 9.53 Å². The highest BCUT2D eigenvalue weighted by Gasteiger charge is 2.32. The molecule has 0 saturated heterocycles. The van der Waals surface area contributed by atoms with Gasteiger partial charge in [-0.25, -0.2) is 0 Å². The maximum atomic E-state index is 11.6. The average molecular weight is 293 g/mol. The highest BCUT2D eigenvalue weighted by molar-refractivity contribution is 5.79. The van der Waals surface area contributed by atoms with E-state index in [9.17, 15) is 4.79 Å².